The van der Waals surface area contributed by atoms with E-state index >= 15 is 0 Å². The number of anilines is 1. The number of nitrogens with one attached hydrogen (secondary N) is 1. The number of ether oxygens (including phenoxy) is 1. The monoisotopic (exact) mass is 287 g/mol. The molecule has 0 atom stereocenters. The molecule has 0 aliphatic heterocycles. The Morgan fingerprint density at radius 3 is 2.50 bits per heavy atom. The Labute approximate surface area is 111 Å². The first-order valence-corrected chi connectivity index (χ1v) is 5.38. The lowest BCUT2D eigenvalue weighted by Crippen LogP contribution is -2.12. The number of hydrazine groups is 1. The molecule has 1 aromatic carbocycles. The number of nitrogens with zero attached hydrogens (tertiary/aromatic N) is 1. The maximum atomic E-state index is 13.0. The van der Waals surface area contributed by atoms with Gasteiger partial charge in [0, 0.05) is 12.1 Å². The zero-order valence-corrected chi connectivity index (χ0v) is 9.91. The van der Waals surface area contributed by atoms with Crippen molar-refractivity contribution >= 4 is 5.82 Å². The Kier molecular flexibility index (Phi) is 3.75. The molecule has 2 aromatic rings. The largest absolute Gasteiger partial charge is 0.439 e. The minimum atomic E-state index is -4.57. The normalized spacial score (nSPS) is 11.2. The van der Waals surface area contributed by atoms with Gasteiger partial charge in [-0.25, -0.2) is 10.2 Å². The van der Waals surface area contributed by atoms with Crippen LogP contribution in [0.4, 0.5) is 23.4 Å². The molecule has 3 N–H and O–H groups in total. The van der Waals surface area contributed by atoms with Crippen molar-refractivity contribution < 1.29 is 22.3 Å². The first-order chi connectivity index (χ1) is 9.38. The second-order valence-corrected chi connectivity index (χ2v) is 3.78. The van der Waals surface area contributed by atoms with Crippen molar-refractivity contribution in [1.82, 2.24) is 4.98 Å². The maximum absolute atomic E-state index is 13.0. The number of nitrogen functional groups attached to an aromatic ring is 1. The summed E-state index contributed by atoms with van der Waals surface area (Å²) in [5, 5.41) is 0. The van der Waals surface area contributed by atoms with Gasteiger partial charge in [0.25, 0.3) is 0 Å². The third-order valence-corrected chi connectivity index (χ3v) is 2.30. The maximum Gasteiger partial charge on any atom is 0.416 e. The molecule has 106 valence electrons. The van der Waals surface area contributed by atoms with Crippen molar-refractivity contribution in [1.29, 1.82) is 0 Å². The Morgan fingerprint density at radius 2 is 1.90 bits per heavy atom. The standard InChI is InChI=1S/C12H9F4N3O/c13-8-2-1-3-9(6-8)20-11-5-7(12(14,15)16)4-10(18-11)19-17/h1-6H,17H2,(H,18,19). The summed E-state index contributed by atoms with van der Waals surface area (Å²) in [4.78, 5) is 3.71. The SMILES string of the molecule is NNc1cc(C(F)(F)F)cc(Oc2cccc(F)c2)n1. The molecule has 0 saturated carbocycles. The van der Waals surface area contributed by atoms with Gasteiger partial charge in [-0.2, -0.15) is 18.2 Å². The van der Waals surface area contributed by atoms with E-state index in [0.717, 1.165) is 12.1 Å². The van der Waals surface area contributed by atoms with Crippen LogP contribution in [0.15, 0.2) is 36.4 Å². The van der Waals surface area contributed by atoms with E-state index in [9.17, 15) is 17.6 Å². The van der Waals surface area contributed by atoms with Gasteiger partial charge in [-0.05, 0) is 18.2 Å². The topological polar surface area (TPSA) is 60.2 Å². The van der Waals surface area contributed by atoms with Crippen LogP contribution in [0.25, 0.3) is 0 Å². The second kappa shape index (κ2) is 5.33. The van der Waals surface area contributed by atoms with Crippen molar-refractivity contribution in [3.8, 4) is 11.6 Å². The van der Waals surface area contributed by atoms with Gasteiger partial charge in [-0.15, -0.1) is 0 Å². The Morgan fingerprint density at radius 1 is 1.15 bits per heavy atom. The average Bonchev–Trinajstić information content (AvgIpc) is 2.37. The zero-order chi connectivity index (χ0) is 14.8. The van der Waals surface area contributed by atoms with Gasteiger partial charge in [0.15, 0.2) is 0 Å². The highest BCUT2D eigenvalue weighted by Crippen LogP contribution is 2.33. The molecule has 0 unspecified atom stereocenters. The summed E-state index contributed by atoms with van der Waals surface area (Å²) in [5.74, 6) is 3.94. The Balaban J connectivity index is 2.36. The summed E-state index contributed by atoms with van der Waals surface area (Å²) in [6.07, 6.45) is -4.57. The summed E-state index contributed by atoms with van der Waals surface area (Å²) in [6, 6.07) is 6.39. The van der Waals surface area contributed by atoms with E-state index in [1.807, 2.05) is 5.43 Å². The number of hydrogen-bond donors (Lipinski definition) is 2. The first kappa shape index (κ1) is 14.1. The smallest absolute Gasteiger partial charge is 0.416 e. The van der Waals surface area contributed by atoms with Gasteiger partial charge in [0.1, 0.15) is 17.4 Å². The number of rotatable bonds is 3. The van der Waals surface area contributed by atoms with Gasteiger partial charge in [0.2, 0.25) is 5.88 Å². The number of pyridine rings is 1. The first-order valence-electron chi connectivity index (χ1n) is 5.38. The van der Waals surface area contributed by atoms with Crippen molar-refractivity contribution in [2.45, 2.75) is 6.18 Å². The van der Waals surface area contributed by atoms with Crippen LogP contribution < -0.4 is 16.0 Å². The van der Waals surface area contributed by atoms with E-state index in [1.54, 1.807) is 0 Å². The van der Waals surface area contributed by atoms with E-state index in [0.29, 0.717) is 6.07 Å². The van der Waals surface area contributed by atoms with Crippen molar-refractivity contribution in [2.24, 2.45) is 5.84 Å². The molecular formula is C12H9F4N3O. The molecule has 4 nitrogen and oxygen atoms in total. The van der Waals surface area contributed by atoms with Crippen molar-refractivity contribution in [3.05, 3.63) is 47.8 Å². The van der Waals surface area contributed by atoms with Crippen LogP contribution in [0.5, 0.6) is 11.6 Å². The van der Waals surface area contributed by atoms with E-state index < -0.39 is 17.6 Å². The molecule has 2 rings (SSSR count). The predicted molar refractivity (Wildman–Crippen MR) is 63.5 cm³/mol. The third kappa shape index (κ3) is 3.35. The van der Waals surface area contributed by atoms with Gasteiger partial charge < -0.3 is 10.2 Å². The molecule has 0 amide bonds. The lowest BCUT2D eigenvalue weighted by atomic mass is 10.2. The summed E-state index contributed by atoms with van der Waals surface area (Å²) in [6.45, 7) is 0. The molecule has 1 heterocycles. The highest BCUT2D eigenvalue weighted by Gasteiger charge is 2.32. The number of aromatic nitrogens is 1. The van der Waals surface area contributed by atoms with Gasteiger partial charge in [-0.1, -0.05) is 6.07 Å². The number of benzene rings is 1. The molecule has 0 aliphatic rings. The van der Waals surface area contributed by atoms with E-state index in [2.05, 4.69) is 4.98 Å². The number of halogens is 4. The second-order valence-electron chi connectivity index (χ2n) is 3.78. The average molecular weight is 287 g/mol. The lowest BCUT2D eigenvalue weighted by molar-refractivity contribution is -0.137. The van der Waals surface area contributed by atoms with Crippen molar-refractivity contribution in [3.63, 3.8) is 0 Å². The lowest BCUT2D eigenvalue weighted by Gasteiger charge is -2.11. The molecule has 1 aromatic heterocycles. The van der Waals surface area contributed by atoms with Gasteiger partial charge in [-0.3, -0.25) is 0 Å². The fourth-order valence-electron chi connectivity index (χ4n) is 1.45. The molecule has 0 aliphatic carbocycles. The Bertz CT molecular complexity index is 616. The molecule has 0 radical (unpaired) electrons. The van der Waals surface area contributed by atoms with Crippen LogP contribution in [0.2, 0.25) is 0 Å². The number of hydrogen-bond acceptors (Lipinski definition) is 4. The quantitative estimate of drug-likeness (QED) is 0.516. The van der Waals surface area contributed by atoms with Crippen LogP contribution in [0.1, 0.15) is 5.56 Å². The molecule has 0 spiro atoms. The van der Waals surface area contributed by atoms with E-state index in [-0.39, 0.29) is 17.4 Å². The van der Waals surface area contributed by atoms with E-state index in [4.69, 9.17) is 10.6 Å². The number of nitrogens with two attached hydrogens (primary N) is 1. The van der Waals surface area contributed by atoms with Crippen LogP contribution in [0.3, 0.4) is 0 Å². The van der Waals surface area contributed by atoms with Gasteiger partial charge in [0.05, 0.1) is 5.56 Å². The number of alkyl halides is 3. The third-order valence-electron chi connectivity index (χ3n) is 2.30. The Hall–Kier alpha value is -2.35. The van der Waals surface area contributed by atoms with Crippen LogP contribution >= 0.6 is 0 Å². The predicted octanol–water partition coefficient (Wildman–Crippen LogP) is 3.32. The fraction of sp³-hybridized carbons (Fsp3) is 0.0833. The van der Waals surface area contributed by atoms with Crippen LogP contribution in [-0.4, -0.2) is 4.98 Å². The molecule has 20 heavy (non-hydrogen) atoms. The summed E-state index contributed by atoms with van der Waals surface area (Å²) in [7, 11) is 0. The van der Waals surface area contributed by atoms with Crippen molar-refractivity contribution in [2.75, 3.05) is 5.43 Å². The summed E-state index contributed by atoms with van der Waals surface area (Å²) < 4.78 is 56.1. The minimum Gasteiger partial charge on any atom is -0.439 e. The van der Waals surface area contributed by atoms with Gasteiger partial charge >= 0.3 is 6.18 Å². The molecule has 8 heteroatoms. The highest BCUT2D eigenvalue weighted by molar-refractivity contribution is 5.42. The zero-order valence-electron chi connectivity index (χ0n) is 9.91. The fourth-order valence-corrected chi connectivity index (χ4v) is 1.45. The molecule has 0 saturated heterocycles. The van der Waals surface area contributed by atoms with Crippen LogP contribution in [0, 0.1) is 5.82 Å². The highest BCUT2D eigenvalue weighted by atomic mass is 19.4. The van der Waals surface area contributed by atoms with E-state index in [1.165, 1.54) is 18.2 Å². The molecular weight excluding hydrogens is 278 g/mol. The summed E-state index contributed by atoms with van der Waals surface area (Å²) in [5.41, 5.74) is 1.03. The minimum absolute atomic E-state index is 0.0276. The summed E-state index contributed by atoms with van der Waals surface area (Å²) >= 11 is 0. The molecule has 0 fully saturated rings. The molecule has 0 bridgehead atoms. The van der Waals surface area contributed by atoms with Crippen LogP contribution in [-0.2, 0) is 6.18 Å².